The number of nitrogens with one attached hydrogen (secondary N) is 4. The third kappa shape index (κ3) is 57.9. The third-order valence-corrected chi connectivity index (χ3v) is 11.8. The topological polar surface area (TPSA) is 279 Å². The molecule has 0 aliphatic heterocycles. The van der Waals surface area contributed by atoms with Crippen LogP contribution in [0.5, 0.6) is 5.75 Å². The molecule has 0 spiro atoms. The summed E-state index contributed by atoms with van der Waals surface area (Å²) < 4.78 is 50.7. The number of amides is 2. The van der Waals surface area contributed by atoms with Gasteiger partial charge in [0.05, 0.1) is 34.6 Å². The Balaban J connectivity index is -0.000000100. The van der Waals surface area contributed by atoms with E-state index in [-0.39, 0.29) is 76.8 Å². The molecule has 0 atom stereocenters. The number of rotatable bonds is 18. The molecule has 0 heterocycles. The molecular weight excluding hydrogens is 1270 g/mol. The number of benzene rings is 2. The molecule has 492 valence electrons. The molecule has 0 aromatic heterocycles. The van der Waals surface area contributed by atoms with Gasteiger partial charge in [0.15, 0.2) is 21.6 Å². The molecule has 0 aliphatic rings. The third-order valence-electron chi connectivity index (χ3n) is 8.88. The van der Waals surface area contributed by atoms with Gasteiger partial charge in [-0.1, -0.05) is 97.8 Å². The normalized spacial score (nSPS) is 9.71. The van der Waals surface area contributed by atoms with Gasteiger partial charge in [-0.25, -0.2) is 13.2 Å². The molecule has 2 aromatic carbocycles. The molecule has 0 fully saturated rings. The fourth-order valence-corrected chi connectivity index (χ4v) is 7.06. The number of carbonyl (C=O) groups is 5. The fourth-order valence-electron chi connectivity index (χ4n) is 4.99. The molecule has 0 bridgehead atoms. The second kappa shape index (κ2) is 61.6. The van der Waals surface area contributed by atoms with Crippen molar-refractivity contribution >= 4 is 89.3 Å². The summed E-state index contributed by atoms with van der Waals surface area (Å²) in [5.41, 5.74) is 15.4. The van der Waals surface area contributed by atoms with Crippen molar-refractivity contribution in [1.29, 1.82) is 0 Å². The molecule has 0 radical (unpaired) electrons. The van der Waals surface area contributed by atoms with Crippen molar-refractivity contribution in [2.45, 2.75) is 185 Å². The Labute approximate surface area is 541 Å². The minimum Gasteiger partial charge on any atom is -0.492 e. The average Bonchev–Trinajstić information content (AvgIpc) is 3.47. The first-order chi connectivity index (χ1) is 38.6. The molecule has 19 nitrogen and oxygen atoms in total. The van der Waals surface area contributed by atoms with Gasteiger partial charge in [-0.05, 0) is 174 Å². The van der Waals surface area contributed by atoms with Crippen molar-refractivity contribution in [2.75, 3.05) is 65.5 Å². The van der Waals surface area contributed by atoms with E-state index < -0.39 is 26.1 Å². The Morgan fingerprint density at radius 1 is 0.845 bits per heavy atom. The van der Waals surface area contributed by atoms with Gasteiger partial charge in [0.2, 0.25) is 5.91 Å². The van der Waals surface area contributed by atoms with Crippen LogP contribution in [0.25, 0.3) is 10.4 Å². The molecule has 0 saturated carbocycles. The largest absolute Gasteiger partial charge is 0.492 e. The van der Waals surface area contributed by atoms with E-state index in [1.807, 2.05) is 62.3 Å². The fraction of sp³-hybridized carbons (Fsp3) is 0.644. The first-order valence-electron chi connectivity index (χ1n) is 27.4. The number of esters is 1. The van der Waals surface area contributed by atoms with Crippen molar-refractivity contribution in [1.82, 2.24) is 21.3 Å². The summed E-state index contributed by atoms with van der Waals surface area (Å²) >= 11 is 13.5. The number of hydrogen-bond donors (Lipinski definition) is 5. The number of sulfone groups is 1. The number of carbonyl (C=O) groups excluding carboxylic acids is 5. The van der Waals surface area contributed by atoms with Crippen LogP contribution in [0.15, 0.2) is 46.4 Å². The number of alkyl carbamates (subject to hydrolysis) is 1. The predicted molar refractivity (Wildman–Crippen MR) is 357 cm³/mol. The summed E-state index contributed by atoms with van der Waals surface area (Å²) in [6.07, 6.45) is 6.88. The molecule has 25 heteroatoms. The van der Waals surface area contributed by atoms with E-state index in [1.54, 1.807) is 58.9 Å². The van der Waals surface area contributed by atoms with Crippen LogP contribution < -0.4 is 31.7 Å². The smallest absolute Gasteiger partial charge is 0.408 e. The maximum absolute atomic E-state index is 13.2. The first-order valence-corrected chi connectivity index (χ1v) is 30.7. The zero-order valence-corrected chi connectivity index (χ0v) is 60.6. The summed E-state index contributed by atoms with van der Waals surface area (Å²) in [6.45, 7) is 43.4. The minimum atomic E-state index is -3.37. The number of hydrogen-bond acceptors (Lipinski definition) is 15. The predicted octanol–water partition coefficient (Wildman–Crippen LogP) is 13.2. The van der Waals surface area contributed by atoms with E-state index >= 15 is 0 Å². The number of nitrogens with zero attached hydrogens (tertiary/aromatic N) is 3. The Morgan fingerprint density at radius 2 is 1.30 bits per heavy atom. The monoisotopic (exact) mass is 1380 g/mol. The Morgan fingerprint density at radius 3 is 1.60 bits per heavy atom. The summed E-state index contributed by atoms with van der Waals surface area (Å²) in [5, 5.41) is 14.8. The van der Waals surface area contributed by atoms with E-state index in [4.69, 9.17) is 40.8 Å². The maximum Gasteiger partial charge on any atom is 0.408 e. The zero-order chi connectivity index (χ0) is 67.0. The Bertz CT molecular complexity index is 2200. The number of azide groups is 1. The SMILES string of the molecule is C#CCOC(=O)NCC.CC(C)(C)OC(=O)C(C)(C)C.CC(C)c1cc(C(C)C)c(S(=O)(=O)C(C)(C)C)c(C(C)C)c1.CCN.CCN=[N+]=[N-].CCNC(=O)CCOC=O.CCNC(=S)NCCOc1ccc(C=O)cc1.CCl.P=S.[3H]C.[CH3-].[Pd]. The standard InChI is InChI=1S/C19H32O2S.C12H16N2O2S.C9H18O2.C6H11NO3.C6H9NO2.C2H5N3.C2H7N.CH3Cl.CH4.CH3.HPS.Pd/c1-12(2)15-10-16(13(3)4)18(17(11-15)14(5)6)22(20,21)19(7,8)9;1-2-13-12(17)14-7-8-16-11-5-3-10(9-15)4-6-11;1-8(2,3)7(10)11-9(4,5)6;1-2-7-6(9)3-4-10-5-8;1-3-5-9-6(8)7-4-2;1-2-4-5-3;1-2-3;1-2;;;1-2;/h10-14H,1-9H3;3-6,9H,2,7-8H2,1H3,(H2,13,14,17);1-6H3;5H,2-4H2,1H3,(H,7,9);1H,4-5H2,2H3,(H,7,8);2H2,1H3;2-3H2,1H3;1H3;1H4;1H3;1H;/q;;;;;;;;;-1;;/i;;;;;;;;1T;;;. The van der Waals surface area contributed by atoms with Crippen LogP contribution in [0.4, 0.5) is 4.79 Å². The number of nitrogens with two attached hydrogens (primary N) is 1. The van der Waals surface area contributed by atoms with Crippen LogP contribution in [0.3, 0.4) is 0 Å². The molecule has 6 N–H and O–H groups in total. The van der Waals surface area contributed by atoms with Gasteiger partial charge in [-0.15, -0.1) is 18.0 Å². The van der Waals surface area contributed by atoms with Crippen molar-refractivity contribution in [2.24, 2.45) is 16.3 Å². The number of halogens is 1. The van der Waals surface area contributed by atoms with Crippen molar-refractivity contribution in [3.63, 3.8) is 0 Å². The van der Waals surface area contributed by atoms with Crippen LogP contribution >= 0.6 is 31.8 Å². The molecular formula is C59H109ClN8O11PPdS3-. The van der Waals surface area contributed by atoms with Crippen LogP contribution in [-0.2, 0) is 70.7 Å². The molecule has 0 aliphatic carbocycles. The second-order valence-corrected chi connectivity index (χ2v) is 23.2. The summed E-state index contributed by atoms with van der Waals surface area (Å²) in [4.78, 5) is 55.3. The van der Waals surface area contributed by atoms with Gasteiger partial charge in [-0.2, -0.15) is 0 Å². The van der Waals surface area contributed by atoms with E-state index in [2.05, 4.69) is 132 Å². The van der Waals surface area contributed by atoms with E-state index in [1.165, 1.54) is 19.3 Å². The number of aldehydes is 1. The second-order valence-electron chi connectivity index (χ2n) is 20.1. The molecule has 2 aromatic rings. The van der Waals surface area contributed by atoms with E-state index in [0.29, 0.717) is 60.7 Å². The van der Waals surface area contributed by atoms with Gasteiger partial charge in [0, 0.05) is 64.8 Å². The quantitative estimate of drug-likeness (QED) is 0.00740. The number of ether oxygens (including phenoxy) is 4. The number of alkyl halides is 1. The first kappa shape index (κ1) is 98.6. The number of terminal acetylenes is 1. The zero-order valence-electron chi connectivity index (χ0n) is 55.8. The van der Waals surface area contributed by atoms with Crippen LogP contribution in [0.1, 0.15) is 198 Å². The Hall–Kier alpha value is -4.47. The van der Waals surface area contributed by atoms with Crippen LogP contribution in [0, 0.1) is 25.2 Å². The van der Waals surface area contributed by atoms with Crippen molar-refractivity contribution in [3.8, 4) is 18.1 Å². The van der Waals surface area contributed by atoms with Crippen LogP contribution in [0.2, 0.25) is 0 Å². The summed E-state index contributed by atoms with van der Waals surface area (Å²) in [7, 11) is 0.435. The van der Waals surface area contributed by atoms with E-state index in [0.717, 1.165) is 36.3 Å². The molecule has 2 amide bonds. The molecule has 84 heavy (non-hydrogen) atoms. The summed E-state index contributed by atoms with van der Waals surface area (Å²) in [5.74, 6) is 3.43. The molecule has 0 unspecified atom stereocenters. The Kier molecular flexibility index (Phi) is 72.3. The van der Waals surface area contributed by atoms with Gasteiger partial charge < -0.3 is 53.4 Å². The molecule has 0 saturated heterocycles. The molecule has 2 rings (SSSR count). The van der Waals surface area contributed by atoms with Gasteiger partial charge in [-0.3, -0.25) is 19.2 Å². The van der Waals surface area contributed by atoms with E-state index in [9.17, 15) is 32.4 Å². The summed E-state index contributed by atoms with van der Waals surface area (Å²) in [6, 6.07) is 11.2. The van der Waals surface area contributed by atoms with Crippen LogP contribution in [-0.4, -0.2) is 120 Å². The minimum absolute atomic E-state index is 0. The van der Waals surface area contributed by atoms with Gasteiger partial charge in [0.1, 0.15) is 24.2 Å². The van der Waals surface area contributed by atoms with Crippen molar-refractivity contribution < 1.29 is 73.1 Å². The maximum atomic E-state index is 13.2. The van der Waals surface area contributed by atoms with Gasteiger partial charge >= 0.3 is 12.1 Å². The average molecular weight is 1380 g/mol. The number of thiocarbonyl (C=S) groups is 1. The van der Waals surface area contributed by atoms with Crippen molar-refractivity contribution in [3.05, 3.63) is 76.5 Å². The van der Waals surface area contributed by atoms with Gasteiger partial charge in [0.25, 0.3) is 6.47 Å².